The SMILES string of the molecule is [CH]C(=O)Nc1ccccc1OC. The summed E-state index contributed by atoms with van der Waals surface area (Å²) in [6.07, 6.45) is 0. The van der Waals surface area contributed by atoms with Crippen molar-refractivity contribution in [3.8, 4) is 5.75 Å². The lowest BCUT2D eigenvalue weighted by molar-refractivity contribution is -0.112. The van der Waals surface area contributed by atoms with Crippen LogP contribution in [0.25, 0.3) is 0 Å². The summed E-state index contributed by atoms with van der Waals surface area (Å²) in [5, 5.41) is 2.44. The van der Waals surface area contributed by atoms with Crippen molar-refractivity contribution in [2.45, 2.75) is 0 Å². The van der Waals surface area contributed by atoms with Gasteiger partial charge in [0.2, 0.25) is 5.91 Å². The van der Waals surface area contributed by atoms with Gasteiger partial charge in [-0.15, -0.1) is 0 Å². The maximum Gasteiger partial charge on any atom is 0.229 e. The van der Waals surface area contributed by atoms with E-state index < -0.39 is 5.91 Å². The van der Waals surface area contributed by atoms with Crippen LogP contribution in [-0.2, 0) is 4.79 Å². The Morgan fingerprint density at radius 3 is 2.75 bits per heavy atom. The molecule has 0 bridgehead atoms. The molecule has 0 saturated heterocycles. The van der Waals surface area contributed by atoms with Gasteiger partial charge in [0.15, 0.2) is 0 Å². The van der Waals surface area contributed by atoms with Gasteiger partial charge in [-0.05, 0) is 12.1 Å². The van der Waals surface area contributed by atoms with Crippen molar-refractivity contribution < 1.29 is 9.53 Å². The van der Waals surface area contributed by atoms with E-state index in [0.29, 0.717) is 11.4 Å². The Kier molecular flexibility index (Phi) is 2.69. The molecule has 0 unspecified atom stereocenters. The Balaban J connectivity index is 2.89. The van der Waals surface area contributed by atoms with Gasteiger partial charge < -0.3 is 10.1 Å². The van der Waals surface area contributed by atoms with Gasteiger partial charge in [-0.25, -0.2) is 0 Å². The van der Waals surface area contributed by atoms with Crippen molar-refractivity contribution in [3.63, 3.8) is 0 Å². The predicted octanol–water partition coefficient (Wildman–Crippen LogP) is 1.34. The molecular weight excluding hydrogens is 154 g/mol. The first kappa shape index (κ1) is 8.59. The standard InChI is InChI=1S/C9H9NO2/c1-7(11)10-8-5-3-4-6-9(8)12-2/h1,3-6H,2H3,(H,10,11). The topological polar surface area (TPSA) is 38.3 Å². The Morgan fingerprint density at radius 1 is 1.50 bits per heavy atom. The van der Waals surface area contributed by atoms with Crippen molar-refractivity contribution in [2.24, 2.45) is 0 Å². The summed E-state index contributed by atoms with van der Waals surface area (Å²) in [6.45, 7) is 4.94. The second-order valence-electron chi connectivity index (χ2n) is 2.19. The molecule has 0 heterocycles. The summed E-state index contributed by atoms with van der Waals surface area (Å²) in [6, 6.07) is 7.05. The number of hydrogen-bond donors (Lipinski definition) is 1. The first-order valence-corrected chi connectivity index (χ1v) is 3.43. The van der Waals surface area contributed by atoms with Crippen LogP contribution in [0.15, 0.2) is 24.3 Å². The van der Waals surface area contributed by atoms with Crippen LogP contribution in [0.2, 0.25) is 0 Å². The molecule has 0 spiro atoms. The summed E-state index contributed by atoms with van der Waals surface area (Å²) in [5.41, 5.74) is 0.576. The van der Waals surface area contributed by atoms with Crippen molar-refractivity contribution in [2.75, 3.05) is 12.4 Å². The van der Waals surface area contributed by atoms with Gasteiger partial charge in [0.05, 0.1) is 19.7 Å². The van der Waals surface area contributed by atoms with E-state index in [1.165, 1.54) is 7.11 Å². The lowest BCUT2D eigenvalue weighted by Gasteiger charge is -2.06. The van der Waals surface area contributed by atoms with E-state index in [2.05, 4.69) is 5.32 Å². The zero-order valence-electron chi connectivity index (χ0n) is 6.70. The van der Waals surface area contributed by atoms with Crippen LogP contribution in [0.1, 0.15) is 0 Å². The Labute approximate surface area is 71.4 Å². The number of carbonyl (C=O) groups excluding carboxylic acids is 1. The lowest BCUT2D eigenvalue weighted by Crippen LogP contribution is -2.07. The number of anilines is 1. The fourth-order valence-electron chi connectivity index (χ4n) is 0.881. The fourth-order valence-corrected chi connectivity index (χ4v) is 0.881. The maximum atomic E-state index is 10.5. The van der Waals surface area contributed by atoms with Crippen LogP contribution in [0.4, 0.5) is 5.69 Å². The zero-order chi connectivity index (χ0) is 8.97. The maximum absolute atomic E-state index is 10.5. The molecule has 1 amide bonds. The highest BCUT2D eigenvalue weighted by Gasteiger charge is 2.01. The van der Waals surface area contributed by atoms with Gasteiger partial charge >= 0.3 is 0 Å². The highest BCUT2D eigenvalue weighted by Crippen LogP contribution is 2.22. The molecule has 62 valence electrons. The number of carbonyl (C=O) groups is 1. The molecule has 0 aromatic heterocycles. The Hall–Kier alpha value is -1.51. The number of rotatable bonds is 2. The summed E-state index contributed by atoms with van der Waals surface area (Å²) in [4.78, 5) is 10.5. The molecule has 0 aliphatic heterocycles. The number of methoxy groups -OCH3 is 1. The highest BCUT2D eigenvalue weighted by atomic mass is 16.5. The number of benzene rings is 1. The zero-order valence-corrected chi connectivity index (χ0v) is 6.70. The molecule has 1 rings (SSSR count). The number of para-hydroxylation sites is 2. The summed E-state index contributed by atoms with van der Waals surface area (Å²) < 4.78 is 4.98. The fraction of sp³-hybridized carbons (Fsp3) is 0.111. The number of nitrogens with one attached hydrogen (secondary N) is 1. The number of amides is 1. The minimum Gasteiger partial charge on any atom is -0.495 e. The minimum atomic E-state index is -0.598. The van der Waals surface area contributed by atoms with Gasteiger partial charge in [0.1, 0.15) is 5.75 Å². The summed E-state index contributed by atoms with van der Waals surface area (Å²) >= 11 is 0. The molecule has 1 aromatic rings. The van der Waals surface area contributed by atoms with E-state index in [4.69, 9.17) is 11.7 Å². The molecule has 0 atom stereocenters. The number of ether oxygens (including phenoxy) is 1. The molecule has 12 heavy (non-hydrogen) atoms. The third-order valence-corrected chi connectivity index (χ3v) is 1.36. The molecule has 0 fully saturated rings. The van der Waals surface area contributed by atoms with Gasteiger partial charge in [-0.3, -0.25) is 4.79 Å². The van der Waals surface area contributed by atoms with Gasteiger partial charge in [0.25, 0.3) is 0 Å². The molecule has 0 aliphatic rings. The largest absolute Gasteiger partial charge is 0.495 e. The van der Waals surface area contributed by atoms with Crippen LogP contribution in [0.5, 0.6) is 5.75 Å². The average Bonchev–Trinajstić information content (AvgIpc) is 2.04. The van der Waals surface area contributed by atoms with Gasteiger partial charge in [-0.2, -0.15) is 0 Å². The van der Waals surface area contributed by atoms with E-state index >= 15 is 0 Å². The normalized spacial score (nSPS) is 9.17. The van der Waals surface area contributed by atoms with E-state index in [1.807, 2.05) is 6.07 Å². The van der Waals surface area contributed by atoms with Crippen LogP contribution in [0, 0.1) is 6.92 Å². The molecule has 2 radical (unpaired) electrons. The second-order valence-corrected chi connectivity index (χ2v) is 2.19. The van der Waals surface area contributed by atoms with Crippen molar-refractivity contribution in [3.05, 3.63) is 31.2 Å². The minimum absolute atomic E-state index is 0.576. The van der Waals surface area contributed by atoms with Crippen LogP contribution >= 0.6 is 0 Å². The molecular formula is C9H9NO2. The first-order valence-electron chi connectivity index (χ1n) is 3.43. The van der Waals surface area contributed by atoms with Crippen LogP contribution in [-0.4, -0.2) is 13.0 Å². The van der Waals surface area contributed by atoms with Crippen molar-refractivity contribution in [1.29, 1.82) is 0 Å². The smallest absolute Gasteiger partial charge is 0.229 e. The molecule has 0 saturated carbocycles. The van der Waals surface area contributed by atoms with Crippen LogP contribution < -0.4 is 10.1 Å². The highest BCUT2D eigenvalue weighted by molar-refractivity contribution is 5.95. The van der Waals surface area contributed by atoms with Gasteiger partial charge in [-0.1, -0.05) is 12.1 Å². The second kappa shape index (κ2) is 3.76. The number of hydrogen-bond acceptors (Lipinski definition) is 2. The van der Waals surface area contributed by atoms with E-state index in [1.54, 1.807) is 18.2 Å². The monoisotopic (exact) mass is 163 g/mol. The van der Waals surface area contributed by atoms with Crippen molar-refractivity contribution >= 4 is 11.6 Å². The van der Waals surface area contributed by atoms with E-state index in [-0.39, 0.29) is 0 Å². The van der Waals surface area contributed by atoms with Crippen molar-refractivity contribution in [1.82, 2.24) is 0 Å². The Bertz CT molecular complexity index is 284. The molecule has 3 nitrogen and oxygen atoms in total. The van der Waals surface area contributed by atoms with E-state index in [0.717, 1.165) is 0 Å². The Morgan fingerprint density at radius 2 is 2.17 bits per heavy atom. The molecule has 0 aliphatic carbocycles. The predicted molar refractivity (Wildman–Crippen MR) is 45.9 cm³/mol. The average molecular weight is 163 g/mol. The summed E-state index contributed by atoms with van der Waals surface area (Å²) in [7, 11) is 1.53. The third-order valence-electron chi connectivity index (χ3n) is 1.36. The molecule has 1 aromatic carbocycles. The first-order chi connectivity index (χ1) is 5.74. The third kappa shape index (κ3) is 1.99. The van der Waals surface area contributed by atoms with E-state index in [9.17, 15) is 4.79 Å². The molecule has 3 heteroatoms. The molecule has 1 N–H and O–H groups in total. The quantitative estimate of drug-likeness (QED) is 0.714. The lowest BCUT2D eigenvalue weighted by atomic mass is 10.3. The summed E-state index contributed by atoms with van der Waals surface area (Å²) in [5.74, 6) is -0.00389. The van der Waals surface area contributed by atoms with Crippen LogP contribution in [0.3, 0.4) is 0 Å². The van der Waals surface area contributed by atoms with Gasteiger partial charge in [0, 0.05) is 0 Å².